The number of nitrogen functional groups attached to an aromatic ring is 1. The molecule has 0 saturated heterocycles. The predicted octanol–water partition coefficient (Wildman–Crippen LogP) is 2.98. The van der Waals surface area contributed by atoms with E-state index in [-0.39, 0.29) is 0 Å². The lowest BCUT2D eigenvalue weighted by molar-refractivity contribution is 0.102. The maximum Gasteiger partial charge on any atom is 0.259 e. The second-order valence-corrected chi connectivity index (χ2v) is 4.40. The van der Waals surface area contributed by atoms with Gasteiger partial charge in [0.1, 0.15) is 5.82 Å². The van der Waals surface area contributed by atoms with Crippen LogP contribution in [-0.4, -0.2) is 13.0 Å². The highest BCUT2D eigenvalue weighted by Crippen LogP contribution is 2.26. The zero-order valence-electron chi connectivity index (χ0n) is 11.2. The van der Waals surface area contributed by atoms with Crippen LogP contribution >= 0.6 is 0 Å². The minimum atomic E-state index is -0.404. The van der Waals surface area contributed by atoms with Crippen molar-refractivity contribution in [2.24, 2.45) is 0 Å². The fourth-order valence-corrected chi connectivity index (χ4v) is 1.97. The van der Waals surface area contributed by atoms with E-state index in [2.05, 4.69) is 5.32 Å². The number of nitrogens with two attached hydrogens (primary N) is 1. The first-order chi connectivity index (χ1) is 9.51. The molecule has 0 heterocycles. The number of hydrogen-bond donors (Lipinski definition) is 2. The van der Waals surface area contributed by atoms with Gasteiger partial charge in [0.05, 0.1) is 18.4 Å². The molecule has 0 aromatic heterocycles. The number of hydrogen-bond acceptors (Lipinski definition) is 3. The van der Waals surface area contributed by atoms with E-state index < -0.39 is 11.7 Å². The van der Waals surface area contributed by atoms with E-state index in [0.29, 0.717) is 22.7 Å². The summed E-state index contributed by atoms with van der Waals surface area (Å²) in [6, 6.07) is 9.21. The Bertz CT molecular complexity index is 636. The van der Waals surface area contributed by atoms with Gasteiger partial charge in [-0.05, 0) is 42.8 Å². The number of ether oxygens (including phenoxy) is 1. The van der Waals surface area contributed by atoms with Gasteiger partial charge >= 0.3 is 0 Å². The lowest BCUT2D eigenvalue weighted by atomic mass is 10.1. The zero-order chi connectivity index (χ0) is 14.7. The second kappa shape index (κ2) is 5.61. The SMILES string of the molecule is COc1c(N)cccc1C(=O)Nc1cc(C)cc(F)c1. The molecule has 0 unspecified atom stereocenters. The number of rotatable bonds is 3. The van der Waals surface area contributed by atoms with E-state index in [9.17, 15) is 9.18 Å². The van der Waals surface area contributed by atoms with Crippen molar-refractivity contribution >= 4 is 17.3 Å². The molecule has 0 aliphatic heterocycles. The van der Waals surface area contributed by atoms with E-state index in [4.69, 9.17) is 10.5 Å². The molecule has 0 bridgehead atoms. The summed E-state index contributed by atoms with van der Waals surface area (Å²) in [6.45, 7) is 1.75. The molecule has 104 valence electrons. The summed E-state index contributed by atoms with van der Waals surface area (Å²) >= 11 is 0. The van der Waals surface area contributed by atoms with Gasteiger partial charge in [-0.2, -0.15) is 0 Å². The van der Waals surface area contributed by atoms with Gasteiger partial charge in [-0.15, -0.1) is 0 Å². The maximum absolute atomic E-state index is 13.3. The van der Waals surface area contributed by atoms with E-state index >= 15 is 0 Å². The number of halogens is 1. The summed E-state index contributed by atoms with van der Waals surface area (Å²) in [7, 11) is 1.44. The van der Waals surface area contributed by atoms with Crippen molar-refractivity contribution in [3.8, 4) is 5.75 Å². The van der Waals surface area contributed by atoms with Crippen LogP contribution in [0.15, 0.2) is 36.4 Å². The zero-order valence-corrected chi connectivity index (χ0v) is 11.2. The second-order valence-electron chi connectivity index (χ2n) is 4.40. The molecular formula is C15H15FN2O2. The molecule has 0 atom stereocenters. The third kappa shape index (κ3) is 2.88. The number of amides is 1. The average Bonchev–Trinajstić information content (AvgIpc) is 2.37. The number of anilines is 2. The van der Waals surface area contributed by atoms with Crippen LogP contribution in [0.2, 0.25) is 0 Å². The van der Waals surface area contributed by atoms with Crippen LogP contribution in [0.5, 0.6) is 5.75 Å². The van der Waals surface area contributed by atoms with Crippen molar-refractivity contribution in [3.63, 3.8) is 0 Å². The number of aryl methyl sites for hydroxylation is 1. The summed E-state index contributed by atoms with van der Waals surface area (Å²) in [5.41, 5.74) is 7.53. The van der Waals surface area contributed by atoms with Gasteiger partial charge in [0.2, 0.25) is 0 Å². The number of carbonyl (C=O) groups excluding carboxylic acids is 1. The molecule has 5 heteroatoms. The van der Waals surface area contributed by atoms with Gasteiger partial charge in [-0.25, -0.2) is 4.39 Å². The van der Waals surface area contributed by atoms with Crippen LogP contribution in [-0.2, 0) is 0 Å². The molecule has 20 heavy (non-hydrogen) atoms. The van der Waals surface area contributed by atoms with E-state index in [0.717, 1.165) is 5.56 Å². The summed E-state index contributed by atoms with van der Waals surface area (Å²) in [5, 5.41) is 2.63. The predicted molar refractivity (Wildman–Crippen MR) is 76.5 cm³/mol. The van der Waals surface area contributed by atoms with Gasteiger partial charge in [0.15, 0.2) is 5.75 Å². The molecule has 0 aliphatic carbocycles. The average molecular weight is 274 g/mol. The lowest BCUT2D eigenvalue weighted by Crippen LogP contribution is -2.14. The van der Waals surface area contributed by atoms with Crippen molar-refractivity contribution in [1.82, 2.24) is 0 Å². The molecule has 0 saturated carbocycles. The van der Waals surface area contributed by atoms with Gasteiger partial charge in [0, 0.05) is 5.69 Å². The smallest absolute Gasteiger partial charge is 0.259 e. The van der Waals surface area contributed by atoms with Crippen molar-refractivity contribution < 1.29 is 13.9 Å². The minimum Gasteiger partial charge on any atom is -0.494 e. The van der Waals surface area contributed by atoms with Crippen LogP contribution in [0.1, 0.15) is 15.9 Å². The molecule has 4 nitrogen and oxygen atoms in total. The molecule has 0 fully saturated rings. The molecule has 2 aromatic carbocycles. The quantitative estimate of drug-likeness (QED) is 0.846. The van der Waals surface area contributed by atoms with Gasteiger partial charge in [-0.3, -0.25) is 4.79 Å². The maximum atomic E-state index is 13.3. The minimum absolute atomic E-state index is 0.300. The molecule has 1 amide bonds. The van der Waals surface area contributed by atoms with Crippen LogP contribution in [0, 0.1) is 12.7 Å². The number of carbonyl (C=O) groups is 1. The van der Waals surface area contributed by atoms with Crippen LogP contribution in [0.25, 0.3) is 0 Å². The van der Waals surface area contributed by atoms with Crippen LogP contribution in [0.4, 0.5) is 15.8 Å². The summed E-state index contributed by atoms with van der Waals surface area (Å²) in [5.74, 6) is -0.503. The summed E-state index contributed by atoms with van der Waals surface area (Å²) in [6.07, 6.45) is 0. The topological polar surface area (TPSA) is 64.3 Å². The molecule has 2 aromatic rings. The van der Waals surface area contributed by atoms with Crippen LogP contribution < -0.4 is 15.8 Å². The highest BCUT2D eigenvalue weighted by Gasteiger charge is 2.14. The van der Waals surface area contributed by atoms with Gasteiger partial charge in [0.25, 0.3) is 5.91 Å². The Kier molecular flexibility index (Phi) is 3.89. The van der Waals surface area contributed by atoms with Crippen molar-refractivity contribution in [2.75, 3.05) is 18.2 Å². The van der Waals surface area contributed by atoms with Crippen molar-refractivity contribution in [2.45, 2.75) is 6.92 Å². The first-order valence-electron chi connectivity index (χ1n) is 6.02. The highest BCUT2D eigenvalue weighted by molar-refractivity contribution is 6.07. The Morgan fingerprint density at radius 1 is 1.30 bits per heavy atom. The van der Waals surface area contributed by atoms with E-state index in [1.807, 2.05) is 0 Å². The Morgan fingerprint density at radius 2 is 2.05 bits per heavy atom. The molecule has 3 N–H and O–H groups in total. The molecule has 0 spiro atoms. The Morgan fingerprint density at radius 3 is 2.70 bits per heavy atom. The monoisotopic (exact) mass is 274 g/mol. The third-order valence-electron chi connectivity index (χ3n) is 2.79. The Labute approximate surface area is 116 Å². The fraction of sp³-hybridized carbons (Fsp3) is 0.133. The Hall–Kier alpha value is -2.56. The normalized spacial score (nSPS) is 10.2. The number of benzene rings is 2. The first kappa shape index (κ1) is 13.9. The van der Waals surface area contributed by atoms with Gasteiger partial charge in [-0.1, -0.05) is 6.07 Å². The molecule has 2 rings (SSSR count). The number of nitrogens with one attached hydrogen (secondary N) is 1. The Balaban J connectivity index is 2.31. The highest BCUT2D eigenvalue weighted by atomic mass is 19.1. The molecule has 0 radical (unpaired) electrons. The standard InChI is InChI=1S/C15H15FN2O2/c1-9-6-10(16)8-11(7-9)18-15(19)12-4-3-5-13(17)14(12)20-2/h3-8H,17H2,1-2H3,(H,18,19). The number of para-hydroxylation sites is 1. The third-order valence-corrected chi connectivity index (χ3v) is 2.79. The summed E-state index contributed by atoms with van der Waals surface area (Å²) < 4.78 is 18.4. The first-order valence-corrected chi connectivity index (χ1v) is 6.02. The number of methoxy groups -OCH3 is 1. The molecule has 0 aliphatic rings. The fourth-order valence-electron chi connectivity index (χ4n) is 1.97. The summed E-state index contributed by atoms with van der Waals surface area (Å²) in [4.78, 5) is 12.2. The molecular weight excluding hydrogens is 259 g/mol. The van der Waals surface area contributed by atoms with Crippen LogP contribution in [0.3, 0.4) is 0 Å². The van der Waals surface area contributed by atoms with E-state index in [1.165, 1.54) is 19.2 Å². The van der Waals surface area contributed by atoms with E-state index in [1.54, 1.807) is 31.2 Å². The van der Waals surface area contributed by atoms with Crippen molar-refractivity contribution in [1.29, 1.82) is 0 Å². The lowest BCUT2D eigenvalue weighted by Gasteiger charge is -2.11. The van der Waals surface area contributed by atoms with Gasteiger partial charge < -0.3 is 15.8 Å². The largest absolute Gasteiger partial charge is 0.494 e. The van der Waals surface area contributed by atoms with Crippen molar-refractivity contribution in [3.05, 3.63) is 53.3 Å².